The molecule has 0 bridgehead atoms. The van der Waals surface area contributed by atoms with Crippen LogP contribution >= 0.6 is 0 Å². The van der Waals surface area contributed by atoms with Crippen LogP contribution < -0.4 is 9.46 Å². The van der Waals surface area contributed by atoms with Crippen molar-refractivity contribution in [1.29, 1.82) is 0 Å². The fourth-order valence-electron chi connectivity index (χ4n) is 3.98. The third-order valence-corrected chi connectivity index (χ3v) is 7.69. The third-order valence-electron chi connectivity index (χ3n) is 6.08. The van der Waals surface area contributed by atoms with E-state index in [4.69, 9.17) is 9.47 Å². The molecule has 0 radical (unpaired) electrons. The highest BCUT2D eigenvalue weighted by molar-refractivity contribution is 7.90. The first-order valence-corrected chi connectivity index (χ1v) is 13.4. The van der Waals surface area contributed by atoms with E-state index < -0.39 is 69.0 Å². The monoisotopic (exact) mass is 561 g/mol. The average Bonchev–Trinajstić information content (AvgIpc) is 3.60. The van der Waals surface area contributed by atoms with Crippen molar-refractivity contribution in [3.63, 3.8) is 0 Å². The molecule has 0 spiro atoms. The maximum absolute atomic E-state index is 16.2. The van der Waals surface area contributed by atoms with E-state index in [9.17, 15) is 22.5 Å². The van der Waals surface area contributed by atoms with Gasteiger partial charge in [-0.25, -0.2) is 8.78 Å². The summed E-state index contributed by atoms with van der Waals surface area (Å²) >= 11 is -1.99. The summed E-state index contributed by atoms with van der Waals surface area (Å²) in [6.07, 6.45) is -4.27. The van der Waals surface area contributed by atoms with Crippen LogP contribution in [0.25, 0.3) is 11.1 Å². The molecule has 0 aliphatic heterocycles. The van der Waals surface area contributed by atoms with Crippen molar-refractivity contribution >= 4 is 17.3 Å². The van der Waals surface area contributed by atoms with Gasteiger partial charge in [-0.1, -0.05) is 6.07 Å². The second-order valence-corrected chi connectivity index (χ2v) is 12.3. The second kappa shape index (κ2) is 11.4. The number of esters is 1. The molecule has 0 heterocycles. The minimum Gasteiger partial charge on any atom is -0.598 e. The smallest absolute Gasteiger partial charge is 0.419 e. The largest absolute Gasteiger partial charge is 0.598 e. The first-order valence-electron chi connectivity index (χ1n) is 12.3. The molecule has 2 aromatic carbocycles. The molecular weight excluding hydrogens is 529 g/mol. The lowest BCUT2D eigenvalue weighted by Crippen LogP contribution is -2.42. The Morgan fingerprint density at radius 1 is 1.16 bits per heavy atom. The molecule has 1 fully saturated rings. The van der Waals surface area contributed by atoms with Gasteiger partial charge in [0.05, 0.1) is 30.7 Å². The number of hydrogen-bond donors (Lipinski definition) is 1. The molecule has 11 heteroatoms. The topological polar surface area (TPSA) is 70.6 Å². The fourth-order valence-corrected chi connectivity index (χ4v) is 4.80. The molecule has 2 atom stereocenters. The number of benzene rings is 2. The number of hydrogen-bond acceptors (Lipinski definition) is 5. The van der Waals surface area contributed by atoms with E-state index in [1.807, 2.05) is 0 Å². The normalized spacial score (nSPS) is 15.8. The van der Waals surface area contributed by atoms with Crippen LogP contribution in [0.15, 0.2) is 18.2 Å². The van der Waals surface area contributed by atoms with Gasteiger partial charge in [0.25, 0.3) is 0 Å². The highest BCUT2D eigenvalue weighted by atomic mass is 32.2. The highest BCUT2D eigenvalue weighted by Gasteiger charge is 2.41. The highest BCUT2D eigenvalue weighted by Crippen LogP contribution is 2.44. The van der Waals surface area contributed by atoms with Gasteiger partial charge in [-0.3, -0.25) is 4.79 Å². The zero-order chi connectivity index (χ0) is 28.6. The number of ether oxygens (including phenoxy) is 2. The predicted octanol–water partition coefficient (Wildman–Crippen LogP) is 6.85. The van der Waals surface area contributed by atoms with Gasteiger partial charge in [-0.15, -0.1) is 4.72 Å². The van der Waals surface area contributed by atoms with Crippen molar-refractivity contribution in [1.82, 2.24) is 4.72 Å². The lowest BCUT2D eigenvalue weighted by molar-refractivity contribution is -0.143. The average molecular weight is 562 g/mol. The molecule has 210 valence electrons. The van der Waals surface area contributed by atoms with Gasteiger partial charge < -0.3 is 14.0 Å². The Morgan fingerprint density at radius 3 is 2.32 bits per heavy atom. The minimum absolute atomic E-state index is 0.0193. The van der Waals surface area contributed by atoms with E-state index in [-0.39, 0.29) is 18.3 Å². The number of alkyl halides is 3. The fraction of sp³-hybridized carbons (Fsp3) is 0.519. The maximum Gasteiger partial charge on any atom is 0.419 e. The van der Waals surface area contributed by atoms with Crippen LogP contribution in [0.4, 0.5) is 22.0 Å². The molecule has 1 N–H and O–H groups in total. The van der Waals surface area contributed by atoms with Gasteiger partial charge in [0.1, 0.15) is 22.1 Å². The van der Waals surface area contributed by atoms with Crippen LogP contribution in [0, 0.1) is 25.5 Å². The van der Waals surface area contributed by atoms with Gasteiger partial charge in [-0.05, 0) is 83.2 Å². The van der Waals surface area contributed by atoms with E-state index >= 15 is 8.78 Å². The van der Waals surface area contributed by atoms with Crippen molar-refractivity contribution < 1.29 is 40.8 Å². The van der Waals surface area contributed by atoms with Gasteiger partial charge in [0.2, 0.25) is 0 Å². The molecule has 2 aromatic rings. The molecule has 0 saturated heterocycles. The summed E-state index contributed by atoms with van der Waals surface area (Å²) in [7, 11) is 0. The molecule has 3 rings (SSSR count). The summed E-state index contributed by atoms with van der Waals surface area (Å²) < 4.78 is 99.1. The van der Waals surface area contributed by atoms with E-state index in [1.165, 1.54) is 6.92 Å². The van der Waals surface area contributed by atoms with E-state index in [2.05, 4.69) is 4.72 Å². The zero-order valence-corrected chi connectivity index (χ0v) is 23.0. The van der Waals surface area contributed by atoms with Gasteiger partial charge in [0.15, 0.2) is 0 Å². The van der Waals surface area contributed by atoms with Crippen LogP contribution in [-0.4, -0.2) is 28.0 Å². The van der Waals surface area contributed by atoms with Gasteiger partial charge in [-0.2, -0.15) is 13.2 Å². The van der Waals surface area contributed by atoms with Crippen LogP contribution in [0.1, 0.15) is 75.3 Å². The van der Waals surface area contributed by atoms with E-state index in [0.29, 0.717) is 22.9 Å². The van der Waals surface area contributed by atoms with Crippen LogP contribution in [0.3, 0.4) is 0 Å². The molecule has 1 unspecified atom stereocenters. The summed E-state index contributed by atoms with van der Waals surface area (Å²) in [5, 5.41) is 0. The lowest BCUT2D eigenvalue weighted by Gasteiger charge is -2.29. The number of halogens is 5. The molecule has 0 aromatic heterocycles. The van der Waals surface area contributed by atoms with Crippen LogP contribution in [-0.2, 0) is 27.1 Å². The van der Waals surface area contributed by atoms with Crippen LogP contribution in [0.5, 0.6) is 5.75 Å². The Labute approximate surface area is 222 Å². The third kappa shape index (κ3) is 6.79. The number of carbonyl (C=O) groups excluding carboxylic acids is 1. The van der Waals surface area contributed by atoms with Crippen molar-refractivity contribution in [3.8, 4) is 16.9 Å². The molecule has 5 nitrogen and oxygen atoms in total. The van der Waals surface area contributed by atoms with Gasteiger partial charge >= 0.3 is 12.1 Å². The Balaban J connectivity index is 2.29. The summed E-state index contributed by atoms with van der Waals surface area (Å²) in [5.74, 6) is -3.70. The van der Waals surface area contributed by atoms with Crippen molar-refractivity contribution in [2.75, 3.05) is 6.61 Å². The Bertz CT molecular complexity index is 1190. The second-order valence-electron chi connectivity index (χ2n) is 10.3. The molecule has 1 aliphatic carbocycles. The minimum atomic E-state index is -5.18. The SMILES string of the molecule is CCOC(=O)C[C@H](N[S+]([O-])C(C)(C)C)c1c(F)c(-c2c(C)ccc(OC3CC3)c2C)cc(C(F)(F)F)c1F. The number of carbonyl (C=O) groups is 1. The Hall–Kier alpha value is -2.37. The predicted molar refractivity (Wildman–Crippen MR) is 135 cm³/mol. The number of nitrogens with one attached hydrogen (secondary N) is 1. The van der Waals surface area contributed by atoms with Crippen molar-refractivity contribution in [2.24, 2.45) is 0 Å². The summed E-state index contributed by atoms with van der Waals surface area (Å²) in [5.41, 5.74) is -2.26. The molecule has 1 aliphatic rings. The Kier molecular flexibility index (Phi) is 9.05. The lowest BCUT2D eigenvalue weighted by atomic mass is 9.89. The van der Waals surface area contributed by atoms with Crippen LogP contribution in [0.2, 0.25) is 0 Å². The zero-order valence-electron chi connectivity index (χ0n) is 22.1. The van der Waals surface area contributed by atoms with Crippen molar-refractivity contribution in [3.05, 3.63) is 52.1 Å². The van der Waals surface area contributed by atoms with E-state index in [1.54, 1.807) is 46.8 Å². The number of rotatable bonds is 9. The summed E-state index contributed by atoms with van der Waals surface area (Å²) in [4.78, 5) is 12.3. The number of aryl methyl sites for hydroxylation is 1. The maximum atomic E-state index is 16.2. The summed E-state index contributed by atoms with van der Waals surface area (Å²) in [6.45, 7) is 9.36. The summed E-state index contributed by atoms with van der Waals surface area (Å²) in [6, 6.07) is 1.99. The molecule has 0 amide bonds. The standard InChI is InChI=1S/C27H32F5NO4S/c1-7-36-21(34)13-19(33-38(35)26(4,5)6)23-24(28)17(12-18(25(23)29)27(30,31)32)22-14(2)8-11-20(15(22)3)37-16-9-10-16/h8,11-12,16,19,33H,7,9-10,13H2,1-6H3/t19-,38?/m0/s1. The van der Waals surface area contributed by atoms with Crippen molar-refractivity contribution in [2.45, 2.75) is 83.9 Å². The molecular formula is C27H32F5NO4S. The molecule has 1 saturated carbocycles. The molecule has 38 heavy (non-hydrogen) atoms. The quantitative estimate of drug-likeness (QED) is 0.206. The van der Waals surface area contributed by atoms with Gasteiger partial charge in [0, 0.05) is 22.5 Å². The van der Waals surface area contributed by atoms with E-state index in [0.717, 1.165) is 12.8 Å². The first-order chi connectivity index (χ1) is 17.6. The first kappa shape index (κ1) is 30.2. The Morgan fingerprint density at radius 2 is 1.79 bits per heavy atom.